The Morgan fingerprint density at radius 1 is 0.583 bits per heavy atom. The molecule has 1 aliphatic carbocycles. The predicted octanol–water partition coefficient (Wildman–Crippen LogP) is 3.43. The summed E-state index contributed by atoms with van der Waals surface area (Å²) in [6.07, 6.45) is 2.50. The lowest BCUT2D eigenvalue weighted by atomic mass is 9.94. The van der Waals surface area contributed by atoms with Crippen LogP contribution < -0.4 is 0 Å². The molecule has 4 rings (SSSR count). The van der Waals surface area contributed by atoms with Crippen LogP contribution in [0.5, 0.6) is 0 Å². The molecule has 0 spiro atoms. The average Bonchev–Trinajstić information content (AvgIpc) is 2.85. The molecule has 0 radical (unpaired) electrons. The number of allylic oxidation sites excluding steroid dienone is 2. The van der Waals surface area contributed by atoms with E-state index in [4.69, 9.17) is 0 Å². The first-order chi connectivity index (χ1) is 17.0. The molecule has 0 aromatic heterocycles. The highest BCUT2D eigenvalue weighted by atomic mass is 32.2. The highest BCUT2D eigenvalue weighted by molar-refractivity contribution is 7.90. The van der Waals surface area contributed by atoms with Crippen LogP contribution in [0.15, 0.2) is 104 Å². The third kappa shape index (κ3) is 4.94. The zero-order valence-electron chi connectivity index (χ0n) is 18.0. The average molecular weight is 527 g/mol. The third-order valence-corrected chi connectivity index (χ3v) is 7.54. The monoisotopic (exact) mass is 526 g/mol. The second-order valence-corrected chi connectivity index (χ2v) is 10.5. The molecule has 3 aromatic rings. The van der Waals surface area contributed by atoms with Gasteiger partial charge < -0.3 is 0 Å². The van der Waals surface area contributed by atoms with E-state index in [0.717, 1.165) is 24.3 Å². The molecule has 0 amide bonds. The number of fused-ring (bicyclic) bond motifs is 1. The molecule has 0 unspecified atom stereocenters. The van der Waals surface area contributed by atoms with Crippen LogP contribution in [0, 0.1) is 20.2 Å². The quantitative estimate of drug-likeness (QED) is 0.346. The van der Waals surface area contributed by atoms with E-state index in [2.05, 4.69) is 8.80 Å². The van der Waals surface area contributed by atoms with Gasteiger partial charge in [-0.05, 0) is 24.3 Å². The summed E-state index contributed by atoms with van der Waals surface area (Å²) in [5, 5.41) is 22.0. The van der Waals surface area contributed by atoms with Gasteiger partial charge in [-0.1, -0.05) is 36.4 Å². The molecule has 182 valence electrons. The van der Waals surface area contributed by atoms with E-state index in [1.807, 2.05) is 0 Å². The van der Waals surface area contributed by atoms with Gasteiger partial charge in [-0.25, -0.2) is 0 Å². The minimum absolute atomic E-state index is 0.0381. The lowest BCUT2D eigenvalue weighted by molar-refractivity contribution is -0.385. The lowest BCUT2D eigenvalue weighted by Gasteiger charge is -2.15. The Kier molecular flexibility index (Phi) is 6.30. The van der Waals surface area contributed by atoms with E-state index in [9.17, 15) is 37.1 Å². The Labute approximate surface area is 204 Å². The van der Waals surface area contributed by atoms with Gasteiger partial charge in [0.2, 0.25) is 0 Å². The largest absolute Gasteiger partial charge is 0.283 e. The van der Waals surface area contributed by atoms with E-state index in [1.54, 1.807) is 12.1 Å². The van der Waals surface area contributed by atoms with Crippen molar-refractivity contribution in [3.8, 4) is 0 Å². The van der Waals surface area contributed by atoms with Crippen molar-refractivity contribution in [2.45, 2.75) is 9.79 Å². The van der Waals surface area contributed by atoms with Crippen molar-refractivity contribution in [1.82, 2.24) is 0 Å². The first-order valence-corrected chi connectivity index (χ1v) is 12.8. The van der Waals surface area contributed by atoms with Crippen LogP contribution in [-0.2, 0) is 20.0 Å². The van der Waals surface area contributed by atoms with Gasteiger partial charge in [0.25, 0.3) is 31.4 Å². The predicted molar refractivity (Wildman–Crippen MR) is 129 cm³/mol. The molecule has 12 nitrogen and oxygen atoms in total. The number of nitrogens with zero attached hydrogens (tertiary/aromatic N) is 4. The van der Waals surface area contributed by atoms with Gasteiger partial charge >= 0.3 is 0 Å². The van der Waals surface area contributed by atoms with Crippen molar-refractivity contribution >= 4 is 42.8 Å². The highest BCUT2D eigenvalue weighted by Gasteiger charge is 2.24. The number of hydrogen-bond acceptors (Lipinski definition) is 8. The van der Waals surface area contributed by atoms with Gasteiger partial charge in [0.15, 0.2) is 0 Å². The van der Waals surface area contributed by atoms with E-state index in [-0.39, 0.29) is 32.3 Å². The Hall–Kier alpha value is -4.56. The third-order valence-electron chi connectivity index (χ3n) is 4.97. The SMILES string of the molecule is O=[N+]([O-])c1cccc(S(=O)(=O)/N=C2C=C/C(=N\S(=O)(=O)c3cccc([N+](=O)[O-])c3)c3ccccc3\2)c1. The molecule has 0 fully saturated rings. The maximum atomic E-state index is 12.8. The number of hydrogen-bond donors (Lipinski definition) is 0. The topological polar surface area (TPSA) is 179 Å². The number of rotatable bonds is 6. The minimum Gasteiger partial charge on any atom is -0.258 e. The maximum absolute atomic E-state index is 12.8. The van der Waals surface area contributed by atoms with E-state index < -0.39 is 41.3 Å². The summed E-state index contributed by atoms with van der Waals surface area (Å²) in [6.45, 7) is 0. The minimum atomic E-state index is -4.36. The maximum Gasteiger partial charge on any atom is 0.283 e. The van der Waals surface area contributed by atoms with Crippen LogP contribution in [0.2, 0.25) is 0 Å². The first-order valence-electron chi connectivity index (χ1n) is 9.95. The van der Waals surface area contributed by atoms with Gasteiger partial charge in [-0.2, -0.15) is 25.6 Å². The summed E-state index contributed by atoms with van der Waals surface area (Å²) in [5.41, 5.74) is -0.412. The van der Waals surface area contributed by atoms with Crippen LogP contribution in [0.1, 0.15) is 11.1 Å². The normalized spacial score (nSPS) is 15.6. The van der Waals surface area contributed by atoms with Gasteiger partial charge in [-0.3, -0.25) is 20.2 Å². The smallest absolute Gasteiger partial charge is 0.258 e. The molecule has 0 heterocycles. The van der Waals surface area contributed by atoms with Crippen molar-refractivity contribution in [3.63, 3.8) is 0 Å². The van der Waals surface area contributed by atoms with Crippen LogP contribution >= 0.6 is 0 Å². The molecular weight excluding hydrogens is 512 g/mol. The van der Waals surface area contributed by atoms with Gasteiger partial charge in [0.05, 0.1) is 31.1 Å². The van der Waals surface area contributed by atoms with Crippen molar-refractivity contribution in [1.29, 1.82) is 0 Å². The molecule has 36 heavy (non-hydrogen) atoms. The Bertz CT molecular complexity index is 1600. The van der Waals surface area contributed by atoms with Gasteiger partial charge in [0.1, 0.15) is 0 Å². The molecule has 0 bridgehead atoms. The molecule has 1 aliphatic rings. The van der Waals surface area contributed by atoms with Crippen molar-refractivity contribution in [3.05, 3.63) is 116 Å². The molecule has 0 saturated carbocycles. The molecule has 0 N–H and O–H groups in total. The van der Waals surface area contributed by atoms with Crippen molar-refractivity contribution in [2.75, 3.05) is 0 Å². The van der Waals surface area contributed by atoms with Gasteiger partial charge in [-0.15, -0.1) is 0 Å². The molecule has 0 aliphatic heterocycles. The highest BCUT2D eigenvalue weighted by Crippen LogP contribution is 2.25. The summed E-state index contributed by atoms with van der Waals surface area (Å²) < 4.78 is 59.0. The number of benzene rings is 3. The molecule has 0 saturated heterocycles. The Balaban J connectivity index is 1.78. The number of nitro benzene ring substituents is 2. The van der Waals surface area contributed by atoms with Crippen LogP contribution in [-0.4, -0.2) is 38.1 Å². The Morgan fingerprint density at radius 3 is 1.33 bits per heavy atom. The van der Waals surface area contributed by atoms with E-state index in [1.165, 1.54) is 48.6 Å². The number of sulfonamides is 2. The van der Waals surface area contributed by atoms with Crippen molar-refractivity contribution in [2.24, 2.45) is 8.80 Å². The van der Waals surface area contributed by atoms with Crippen LogP contribution in [0.25, 0.3) is 0 Å². The van der Waals surface area contributed by atoms with Crippen LogP contribution in [0.4, 0.5) is 11.4 Å². The molecule has 0 atom stereocenters. The fourth-order valence-electron chi connectivity index (χ4n) is 3.31. The molecule has 14 heteroatoms. The Morgan fingerprint density at radius 2 is 0.972 bits per heavy atom. The standard InChI is InChI=1S/C22H14N4O8S2/c27-25(28)15-5-3-7-17(13-15)35(31,32)23-21-11-12-22(20-10-2-1-9-19(20)21)24-36(33,34)18-8-4-6-16(14-18)26(29)30/h1-14H/b23-21+,24-22+. The number of nitro groups is 2. The first kappa shape index (κ1) is 24.6. The lowest BCUT2D eigenvalue weighted by Crippen LogP contribution is -2.16. The summed E-state index contributed by atoms with van der Waals surface area (Å²) in [6, 6.07) is 15.0. The summed E-state index contributed by atoms with van der Waals surface area (Å²) in [5.74, 6) is 0. The number of non-ortho nitro benzene ring substituents is 2. The van der Waals surface area contributed by atoms with E-state index in [0.29, 0.717) is 0 Å². The zero-order valence-corrected chi connectivity index (χ0v) is 19.6. The fourth-order valence-corrected chi connectivity index (χ4v) is 5.39. The van der Waals surface area contributed by atoms with Gasteiger partial charge in [0, 0.05) is 35.4 Å². The van der Waals surface area contributed by atoms with Crippen molar-refractivity contribution < 1.29 is 26.7 Å². The fraction of sp³-hybridized carbons (Fsp3) is 0. The summed E-state index contributed by atoms with van der Waals surface area (Å²) in [4.78, 5) is 19.8. The molecular formula is C22H14N4O8S2. The van der Waals surface area contributed by atoms with E-state index >= 15 is 0 Å². The molecule has 3 aromatic carbocycles. The zero-order chi connectivity index (χ0) is 26.1. The second kappa shape index (κ2) is 9.24. The van der Waals surface area contributed by atoms with Crippen LogP contribution in [0.3, 0.4) is 0 Å². The summed E-state index contributed by atoms with van der Waals surface area (Å²) in [7, 11) is -8.71. The summed E-state index contributed by atoms with van der Waals surface area (Å²) >= 11 is 0. The second-order valence-electron chi connectivity index (χ2n) is 7.29.